The highest BCUT2D eigenvalue weighted by Crippen LogP contribution is 2.27. The van der Waals surface area contributed by atoms with Crippen LogP contribution in [0.25, 0.3) is 0 Å². The molecular weight excluding hydrogens is 322 g/mol. The molecule has 1 amide bonds. The first kappa shape index (κ1) is 18.4. The van der Waals surface area contributed by atoms with Gasteiger partial charge in [-0.3, -0.25) is 4.79 Å². The predicted octanol–water partition coefficient (Wildman–Crippen LogP) is 2.69. The molecule has 0 saturated heterocycles. The molecule has 0 aromatic heterocycles. The molecule has 0 aliphatic heterocycles. The fourth-order valence-corrected chi connectivity index (χ4v) is 2.40. The predicted molar refractivity (Wildman–Crippen MR) is 95.1 cm³/mol. The zero-order valence-corrected chi connectivity index (χ0v) is 14.9. The first-order valence-electron chi connectivity index (χ1n) is 7.83. The van der Waals surface area contributed by atoms with Gasteiger partial charge in [0.25, 0.3) is 5.91 Å². The van der Waals surface area contributed by atoms with Crippen molar-refractivity contribution in [2.45, 2.75) is 6.42 Å². The quantitative estimate of drug-likeness (QED) is 0.797. The van der Waals surface area contributed by atoms with Gasteiger partial charge < -0.3 is 24.3 Å². The van der Waals surface area contributed by atoms with E-state index in [9.17, 15) is 4.79 Å². The molecule has 0 atom stereocenters. The highest BCUT2D eigenvalue weighted by Gasteiger charge is 2.10. The number of benzene rings is 2. The summed E-state index contributed by atoms with van der Waals surface area (Å²) in [5, 5.41) is 2.89. The van der Waals surface area contributed by atoms with Crippen LogP contribution in [0, 0.1) is 0 Å². The molecule has 0 bridgehead atoms. The molecule has 0 heterocycles. The Balaban J connectivity index is 1.99. The monoisotopic (exact) mass is 345 g/mol. The normalized spacial score (nSPS) is 10.1. The Morgan fingerprint density at radius 1 is 0.840 bits per heavy atom. The molecule has 25 heavy (non-hydrogen) atoms. The van der Waals surface area contributed by atoms with E-state index in [2.05, 4.69) is 5.32 Å². The minimum Gasteiger partial charge on any atom is -0.497 e. The van der Waals surface area contributed by atoms with Gasteiger partial charge in [0.15, 0.2) is 11.5 Å². The molecule has 0 radical (unpaired) electrons. The largest absolute Gasteiger partial charge is 0.497 e. The number of amides is 1. The van der Waals surface area contributed by atoms with Gasteiger partial charge in [0.2, 0.25) is 0 Å². The van der Waals surface area contributed by atoms with Crippen LogP contribution in [0.2, 0.25) is 0 Å². The van der Waals surface area contributed by atoms with E-state index in [0.717, 1.165) is 5.56 Å². The van der Waals surface area contributed by atoms with Crippen LogP contribution < -0.4 is 24.3 Å². The average Bonchev–Trinajstić information content (AvgIpc) is 2.67. The lowest BCUT2D eigenvalue weighted by atomic mass is 10.1. The van der Waals surface area contributed by atoms with Gasteiger partial charge in [-0.1, -0.05) is 6.07 Å². The molecule has 6 heteroatoms. The second-order valence-electron chi connectivity index (χ2n) is 5.30. The number of methoxy groups -OCH3 is 4. The number of hydrogen-bond donors (Lipinski definition) is 1. The summed E-state index contributed by atoms with van der Waals surface area (Å²) in [4.78, 5) is 12.3. The van der Waals surface area contributed by atoms with Crippen LogP contribution in [0.15, 0.2) is 36.4 Å². The fraction of sp³-hybridized carbons (Fsp3) is 0.316. The van der Waals surface area contributed by atoms with Crippen LogP contribution >= 0.6 is 0 Å². The van der Waals surface area contributed by atoms with Gasteiger partial charge in [-0.15, -0.1) is 0 Å². The van der Waals surface area contributed by atoms with Crippen LogP contribution in [0.1, 0.15) is 15.9 Å². The van der Waals surface area contributed by atoms with E-state index in [4.69, 9.17) is 18.9 Å². The van der Waals surface area contributed by atoms with Gasteiger partial charge in [-0.2, -0.15) is 0 Å². The van der Waals surface area contributed by atoms with E-state index in [1.165, 1.54) is 0 Å². The van der Waals surface area contributed by atoms with Crippen LogP contribution in [0.3, 0.4) is 0 Å². The number of nitrogens with one attached hydrogen (secondary N) is 1. The third-order valence-corrected chi connectivity index (χ3v) is 3.76. The molecule has 134 valence electrons. The van der Waals surface area contributed by atoms with Crippen molar-refractivity contribution in [3.05, 3.63) is 47.5 Å². The second kappa shape index (κ2) is 8.82. The fourth-order valence-electron chi connectivity index (χ4n) is 2.40. The lowest BCUT2D eigenvalue weighted by Gasteiger charge is -2.11. The van der Waals surface area contributed by atoms with E-state index >= 15 is 0 Å². The molecule has 2 rings (SSSR count). The number of ether oxygens (including phenoxy) is 4. The SMILES string of the molecule is COc1cc(OC)cc(C(=O)NCCc2ccc(OC)c(OC)c2)c1. The Morgan fingerprint density at radius 3 is 2.04 bits per heavy atom. The van der Waals surface area contributed by atoms with Crippen molar-refractivity contribution < 1.29 is 23.7 Å². The third-order valence-electron chi connectivity index (χ3n) is 3.76. The summed E-state index contributed by atoms with van der Waals surface area (Å²) in [5.41, 5.74) is 1.53. The number of hydrogen-bond acceptors (Lipinski definition) is 5. The van der Waals surface area contributed by atoms with E-state index in [1.54, 1.807) is 46.6 Å². The summed E-state index contributed by atoms with van der Waals surface area (Å²) < 4.78 is 20.9. The second-order valence-corrected chi connectivity index (χ2v) is 5.30. The van der Waals surface area contributed by atoms with E-state index in [1.807, 2.05) is 18.2 Å². The maximum absolute atomic E-state index is 12.3. The van der Waals surface area contributed by atoms with Crippen LogP contribution in [-0.2, 0) is 6.42 Å². The van der Waals surface area contributed by atoms with Crippen molar-refractivity contribution in [1.29, 1.82) is 0 Å². The minimum atomic E-state index is -0.183. The van der Waals surface area contributed by atoms with Crippen LogP contribution in [0.5, 0.6) is 23.0 Å². The number of carbonyl (C=O) groups excluding carboxylic acids is 1. The molecule has 2 aromatic carbocycles. The smallest absolute Gasteiger partial charge is 0.251 e. The van der Waals surface area contributed by atoms with Crippen LogP contribution in [0.4, 0.5) is 0 Å². The number of rotatable bonds is 8. The van der Waals surface area contributed by atoms with Crippen molar-refractivity contribution >= 4 is 5.91 Å². The van der Waals surface area contributed by atoms with Crippen molar-refractivity contribution in [2.24, 2.45) is 0 Å². The molecule has 0 fully saturated rings. The maximum atomic E-state index is 12.3. The molecule has 6 nitrogen and oxygen atoms in total. The Hall–Kier alpha value is -2.89. The molecule has 0 saturated carbocycles. The molecule has 0 aliphatic carbocycles. The van der Waals surface area contributed by atoms with Crippen LogP contribution in [-0.4, -0.2) is 40.9 Å². The van der Waals surface area contributed by atoms with Gasteiger partial charge in [0.1, 0.15) is 11.5 Å². The molecule has 0 unspecified atom stereocenters. The van der Waals surface area contributed by atoms with E-state index in [-0.39, 0.29) is 5.91 Å². The Labute approximate surface area is 147 Å². The lowest BCUT2D eigenvalue weighted by Crippen LogP contribution is -2.25. The summed E-state index contributed by atoms with van der Waals surface area (Å²) in [6, 6.07) is 10.8. The van der Waals surface area contributed by atoms with Crippen molar-refractivity contribution in [3.63, 3.8) is 0 Å². The summed E-state index contributed by atoms with van der Waals surface area (Å²) in [7, 11) is 6.29. The van der Waals surface area contributed by atoms with Gasteiger partial charge in [0, 0.05) is 18.2 Å². The summed E-state index contributed by atoms with van der Waals surface area (Å²) >= 11 is 0. The standard InChI is InChI=1S/C19H23NO5/c1-22-15-10-14(11-16(12-15)23-2)19(21)20-8-7-13-5-6-17(24-3)18(9-13)25-4/h5-6,9-12H,7-8H2,1-4H3,(H,20,21). The third kappa shape index (κ3) is 4.79. The topological polar surface area (TPSA) is 66.0 Å². The molecule has 1 N–H and O–H groups in total. The molecule has 0 aliphatic rings. The Morgan fingerprint density at radius 2 is 1.48 bits per heavy atom. The Bertz CT molecular complexity index is 707. The summed E-state index contributed by atoms with van der Waals surface area (Å²) in [6.07, 6.45) is 0.674. The molecule has 0 spiro atoms. The van der Waals surface area contributed by atoms with Gasteiger partial charge in [-0.05, 0) is 36.2 Å². The van der Waals surface area contributed by atoms with Gasteiger partial charge >= 0.3 is 0 Å². The zero-order chi connectivity index (χ0) is 18.2. The highest BCUT2D eigenvalue weighted by molar-refractivity contribution is 5.95. The first-order chi connectivity index (χ1) is 12.1. The van der Waals surface area contributed by atoms with E-state index in [0.29, 0.717) is 41.5 Å². The van der Waals surface area contributed by atoms with E-state index < -0.39 is 0 Å². The molecular formula is C19H23NO5. The molecule has 2 aromatic rings. The lowest BCUT2D eigenvalue weighted by molar-refractivity contribution is 0.0953. The Kier molecular flexibility index (Phi) is 6.51. The number of carbonyl (C=O) groups is 1. The van der Waals surface area contributed by atoms with Crippen molar-refractivity contribution in [3.8, 4) is 23.0 Å². The first-order valence-corrected chi connectivity index (χ1v) is 7.83. The van der Waals surface area contributed by atoms with Crippen molar-refractivity contribution in [1.82, 2.24) is 5.32 Å². The average molecular weight is 345 g/mol. The minimum absolute atomic E-state index is 0.183. The highest BCUT2D eigenvalue weighted by atomic mass is 16.5. The zero-order valence-electron chi connectivity index (χ0n) is 14.9. The van der Waals surface area contributed by atoms with Gasteiger partial charge in [0.05, 0.1) is 28.4 Å². The summed E-state index contributed by atoms with van der Waals surface area (Å²) in [6.45, 7) is 0.494. The summed E-state index contributed by atoms with van der Waals surface area (Å²) in [5.74, 6) is 2.31. The van der Waals surface area contributed by atoms with Gasteiger partial charge in [-0.25, -0.2) is 0 Å². The maximum Gasteiger partial charge on any atom is 0.251 e. The van der Waals surface area contributed by atoms with Crippen molar-refractivity contribution in [2.75, 3.05) is 35.0 Å².